The molecule has 1 fully saturated rings. The number of aromatic nitrogens is 1. The Hall–Kier alpha value is -1.29. The van der Waals surface area contributed by atoms with Crippen molar-refractivity contribution in [2.75, 3.05) is 13.6 Å². The third-order valence-corrected chi connectivity index (χ3v) is 3.40. The van der Waals surface area contributed by atoms with Gasteiger partial charge in [-0.2, -0.15) is 0 Å². The minimum atomic E-state index is -0.352. The molecule has 0 bridgehead atoms. The van der Waals surface area contributed by atoms with E-state index in [1.165, 1.54) is 0 Å². The second-order valence-corrected chi connectivity index (χ2v) is 4.81. The average molecular weight is 236 g/mol. The molecule has 1 unspecified atom stereocenters. The van der Waals surface area contributed by atoms with Gasteiger partial charge in [0.2, 0.25) is 5.91 Å². The lowest BCUT2D eigenvalue weighted by Crippen LogP contribution is -2.29. The number of carbonyl (C=O) groups is 1. The predicted molar refractivity (Wildman–Crippen MR) is 65.4 cm³/mol. The standard InChI is InChI=1S/C13H20N2O2/c1-3-14(2)12(16)9-15-7-6-11(8-15)13(17)10-4-5-10/h6-8,10,13,17H,3-5,9H2,1-2H3. The molecule has 4 heteroatoms. The molecule has 0 radical (unpaired) electrons. The molecule has 1 aliphatic carbocycles. The third kappa shape index (κ3) is 2.88. The van der Waals surface area contributed by atoms with Gasteiger partial charge < -0.3 is 14.6 Å². The minimum Gasteiger partial charge on any atom is -0.388 e. The number of hydrogen-bond donors (Lipinski definition) is 1. The van der Waals surface area contributed by atoms with E-state index in [1.54, 1.807) is 11.9 Å². The summed E-state index contributed by atoms with van der Waals surface area (Å²) in [7, 11) is 1.80. The zero-order valence-corrected chi connectivity index (χ0v) is 10.5. The molecule has 1 heterocycles. The van der Waals surface area contributed by atoms with E-state index in [0.29, 0.717) is 12.5 Å². The fourth-order valence-corrected chi connectivity index (χ4v) is 1.87. The van der Waals surface area contributed by atoms with E-state index in [0.717, 1.165) is 24.9 Å². The first-order valence-electron chi connectivity index (χ1n) is 6.19. The number of hydrogen-bond acceptors (Lipinski definition) is 2. The fourth-order valence-electron chi connectivity index (χ4n) is 1.87. The van der Waals surface area contributed by atoms with E-state index in [9.17, 15) is 9.90 Å². The van der Waals surface area contributed by atoms with Gasteiger partial charge in [0.1, 0.15) is 6.54 Å². The van der Waals surface area contributed by atoms with Crippen molar-refractivity contribution < 1.29 is 9.90 Å². The molecule has 2 rings (SSSR count). The monoisotopic (exact) mass is 236 g/mol. The van der Waals surface area contributed by atoms with Gasteiger partial charge >= 0.3 is 0 Å². The summed E-state index contributed by atoms with van der Waals surface area (Å²) >= 11 is 0. The maximum absolute atomic E-state index is 11.7. The van der Waals surface area contributed by atoms with Gasteiger partial charge in [-0.05, 0) is 37.3 Å². The van der Waals surface area contributed by atoms with Gasteiger partial charge in [-0.15, -0.1) is 0 Å². The van der Waals surface area contributed by atoms with E-state index >= 15 is 0 Å². The van der Waals surface area contributed by atoms with Gasteiger partial charge in [-0.1, -0.05) is 0 Å². The van der Waals surface area contributed by atoms with E-state index in [1.807, 2.05) is 30.0 Å². The Morgan fingerprint density at radius 2 is 2.35 bits per heavy atom. The first-order chi connectivity index (χ1) is 8.11. The molecule has 94 valence electrons. The van der Waals surface area contributed by atoms with Crippen LogP contribution in [0.2, 0.25) is 0 Å². The molecule has 1 aromatic rings. The number of likely N-dealkylation sites (N-methyl/N-ethyl adjacent to an activating group) is 1. The maximum atomic E-state index is 11.7. The molecule has 17 heavy (non-hydrogen) atoms. The number of rotatable bonds is 5. The highest BCUT2D eigenvalue weighted by Gasteiger charge is 2.31. The Bertz CT molecular complexity index is 396. The van der Waals surface area contributed by atoms with Gasteiger partial charge in [0.25, 0.3) is 0 Å². The molecular formula is C13H20N2O2. The normalized spacial score (nSPS) is 16.9. The van der Waals surface area contributed by atoms with Crippen molar-refractivity contribution in [3.63, 3.8) is 0 Å². The number of nitrogens with zero attached hydrogens (tertiary/aromatic N) is 2. The number of aliphatic hydroxyl groups is 1. The van der Waals surface area contributed by atoms with Crippen molar-refractivity contribution in [3.8, 4) is 0 Å². The predicted octanol–water partition coefficient (Wildman–Crippen LogP) is 1.41. The highest BCUT2D eigenvalue weighted by atomic mass is 16.3. The van der Waals surface area contributed by atoms with E-state index < -0.39 is 0 Å². The van der Waals surface area contributed by atoms with E-state index in [2.05, 4.69) is 0 Å². The van der Waals surface area contributed by atoms with Crippen LogP contribution >= 0.6 is 0 Å². The molecule has 0 aromatic carbocycles. The van der Waals surface area contributed by atoms with Crippen LogP contribution in [-0.4, -0.2) is 34.1 Å². The van der Waals surface area contributed by atoms with E-state index in [-0.39, 0.29) is 12.0 Å². The van der Waals surface area contributed by atoms with Crippen LogP contribution in [0.15, 0.2) is 18.5 Å². The second-order valence-electron chi connectivity index (χ2n) is 4.81. The molecular weight excluding hydrogens is 216 g/mol. The van der Waals surface area contributed by atoms with Gasteiger partial charge in [0.05, 0.1) is 6.10 Å². The molecule has 0 aliphatic heterocycles. The fraction of sp³-hybridized carbons (Fsp3) is 0.615. The third-order valence-electron chi connectivity index (χ3n) is 3.40. The number of amides is 1. The van der Waals surface area contributed by atoms with Gasteiger partial charge in [0.15, 0.2) is 0 Å². The Balaban J connectivity index is 1.95. The molecule has 1 saturated carbocycles. The lowest BCUT2D eigenvalue weighted by Gasteiger charge is -2.14. The Morgan fingerprint density at radius 3 is 2.94 bits per heavy atom. The van der Waals surface area contributed by atoms with Crippen LogP contribution in [0, 0.1) is 5.92 Å². The Labute approximate surface area is 102 Å². The minimum absolute atomic E-state index is 0.0931. The first kappa shape index (κ1) is 12.2. The summed E-state index contributed by atoms with van der Waals surface area (Å²) in [6.07, 6.45) is 5.62. The van der Waals surface area contributed by atoms with Gasteiger partial charge in [-0.3, -0.25) is 4.79 Å². The molecule has 4 nitrogen and oxygen atoms in total. The summed E-state index contributed by atoms with van der Waals surface area (Å²) in [6, 6.07) is 1.90. The first-order valence-corrected chi connectivity index (χ1v) is 6.19. The molecule has 1 atom stereocenters. The average Bonchev–Trinajstić information content (AvgIpc) is 3.08. The molecule has 1 N–H and O–H groups in total. The van der Waals surface area contributed by atoms with Crippen LogP contribution in [0.1, 0.15) is 31.4 Å². The zero-order chi connectivity index (χ0) is 12.4. The Kier molecular flexibility index (Phi) is 3.52. The van der Waals surface area contributed by atoms with Crippen LogP contribution in [-0.2, 0) is 11.3 Å². The highest BCUT2D eigenvalue weighted by molar-refractivity contribution is 5.75. The zero-order valence-electron chi connectivity index (χ0n) is 10.5. The van der Waals surface area contributed by atoms with Crippen molar-refractivity contribution >= 4 is 5.91 Å². The van der Waals surface area contributed by atoms with E-state index in [4.69, 9.17) is 0 Å². The van der Waals surface area contributed by atoms with Crippen LogP contribution < -0.4 is 0 Å². The van der Waals surface area contributed by atoms with Crippen molar-refractivity contribution in [2.45, 2.75) is 32.4 Å². The lowest BCUT2D eigenvalue weighted by atomic mass is 10.1. The highest BCUT2D eigenvalue weighted by Crippen LogP contribution is 2.40. The van der Waals surface area contributed by atoms with Crippen molar-refractivity contribution in [1.82, 2.24) is 9.47 Å². The molecule has 1 aliphatic rings. The summed E-state index contributed by atoms with van der Waals surface area (Å²) < 4.78 is 1.84. The number of aliphatic hydroxyl groups excluding tert-OH is 1. The lowest BCUT2D eigenvalue weighted by molar-refractivity contribution is -0.130. The number of carbonyl (C=O) groups excluding carboxylic acids is 1. The largest absolute Gasteiger partial charge is 0.388 e. The Morgan fingerprint density at radius 1 is 1.65 bits per heavy atom. The van der Waals surface area contributed by atoms with Gasteiger partial charge in [-0.25, -0.2) is 0 Å². The topological polar surface area (TPSA) is 45.5 Å². The molecule has 0 spiro atoms. The van der Waals surface area contributed by atoms with Crippen molar-refractivity contribution in [3.05, 3.63) is 24.0 Å². The van der Waals surface area contributed by atoms with Crippen LogP contribution in [0.5, 0.6) is 0 Å². The van der Waals surface area contributed by atoms with Crippen molar-refractivity contribution in [2.24, 2.45) is 5.92 Å². The smallest absolute Gasteiger partial charge is 0.242 e. The molecule has 1 aromatic heterocycles. The summed E-state index contributed by atoms with van der Waals surface area (Å²) in [5.74, 6) is 0.524. The van der Waals surface area contributed by atoms with Crippen molar-refractivity contribution in [1.29, 1.82) is 0 Å². The molecule has 0 saturated heterocycles. The van der Waals surface area contributed by atoms with Crippen LogP contribution in [0.4, 0.5) is 0 Å². The van der Waals surface area contributed by atoms with Crippen LogP contribution in [0.3, 0.4) is 0 Å². The van der Waals surface area contributed by atoms with Gasteiger partial charge in [0, 0.05) is 26.0 Å². The summed E-state index contributed by atoms with van der Waals surface area (Å²) in [6.45, 7) is 3.02. The second kappa shape index (κ2) is 4.92. The summed E-state index contributed by atoms with van der Waals surface area (Å²) in [5, 5.41) is 9.95. The quantitative estimate of drug-likeness (QED) is 0.840. The molecule has 1 amide bonds. The summed E-state index contributed by atoms with van der Waals surface area (Å²) in [5.41, 5.74) is 0.930. The SMILES string of the molecule is CCN(C)C(=O)Cn1ccc(C(O)C2CC2)c1. The summed E-state index contributed by atoms with van der Waals surface area (Å²) in [4.78, 5) is 13.4. The van der Waals surface area contributed by atoms with Crippen LogP contribution in [0.25, 0.3) is 0 Å². The maximum Gasteiger partial charge on any atom is 0.242 e.